The largest absolute Gasteiger partial charge is 0.504 e. The number of nitrogens with one attached hydrogen (secondary N) is 1. The first-order valence-corrected chi connectivity index (χ1v) is 20.5. The monoisotopic (exact) mass is 789 g/mol. The Morgan fingerprint density at radius 2 is 1.81 bits per heavy atom. The number of aliphatic carboxylic acids is 1. The quantitative estimate of drug-likeness (QED) is 0.102. The van der Waals surface area contributed by atoms with Crippen molar-refractivity contribution in [2.75, 3.05) is 33.2 Å². The average Bonchev–Trinajstić information content (AvgIpc) is 3.60. The Hall–Kier alpha value is -4.30. The van der Waals surface area contributed by atoms with Gasteiger partial charge < -0.3 is 55.5 Å². The first-order chi connectivity index (χ1) is 27.4. The van der Waals surface area contributed by atoms with Gasteiger partial charge in [-0.2, -0.15) is 0 Å². The fourth-order valence-corrected chi connectivity index (χ4v) is 11.7. The standard InChI is InChI=1S/C44H59N3O10/c1-25-22-43-14-4-5-29(43)8-10-32(27-12-15-46-39(45)20-27)44(43,23-40(51)52)38(47-25)24-56-37-19-28(18-36(55-3)41(37)53)42-31(13-16-48)34(50)21-30(57-42)9-6-26-7-11-33(49)35(17-26)54-2/h7,11-12,15,17-20,25,29-32,34,38,42,47-50,53H,4-6,8-10,13-14,16,21-24H2,1-3H3,(H2,45,46)(H,51,52). The summed E-state index contributed by atoms with van der Waals surface area (Å²) in [6.07, 6.45) is 7.49. The lowest BCUT2D eigenvalue weighted by molar-refractivity contribution is -0.166. The number of aromatic hydroxyl groups is 2. The van der Waals surface area contributed by atoms with Crippen molar-refractivity contribution in [3.8, 4) is 28.7 Å². The van der Waals surface area contributed by atoms with Crippen molar-refractivity contribution in [2.45, 2.75) is 114 Å². The van der Waals surface area contributed by atoms with E-state index < -0.39 is 35.6 Å². The number of piperidine rings is 1. The Bertz CT molecular complexity index is 1890. The number of aliphatic hydroxyl groups is 2. The van der Waals surface area contributed by atoms with E-state index in [-0.39, 0.29) is 66.1 Å². The maximum absolute atomic E-state index is 13.1. The number of anilines is 1. The van der Waals surface area contributed by atoms with Crippen LogP contribution in [0, 0.1) is 22.7 Å². The third kappa shape index (κ3) is 7.71. The minimum Gasteiger partial charge on any atom is -0.504 e. The molecule has 2 aliphatic carbocycles. The maximum atomic E-state index is 13.1. The van der Waals surface area contributed by atoms with Gasteiger partial charge >= 0.3 is 5.97 Å². The van der Waals surface area contributed by atoms with Gasteiger partial charge in [-0.05, 0) is 135 Å². The van der Waals surface area contributed by atoms with E-state index in [0.717, 1.165) is 49.7 Å². The molecule has 4 aliphatic rings. The minimum atomic E-state index is -0.858. The molecule has 1 aromatic heterocycles. The lowest BCUT2D eigenvalue weighted by atomic mass is 9.41. The first kappa shape index (κ1) is 40.9. The predicted octanol–water partition coefficient (Wildman–Crippen LogP) is 5.87. The summed E-state index contributed by atoms with van der Waals surface area (Å²) in [4.78, 5) is 17.3. The van der Waals surface area contributed by atoms with Gasteiger partial charge in [0.25, 0.3) is 0 Å². The number of carbonyl (C=O) groups is 1. The molecule has 10 unspecified atom stereocenters. The Kier molecular flexibility index (Phi) is 12.1. The van der Waals surface area contributed by atoms with Crippen molar-refractivity contribution in [1.82, 2.24) is 10.3 Å². The fourth-order valence-electron chi connectivity index (χ4n) is 11.7. The van der Waals surface area contributed by atoms with Crippen molar-refractivity contribution in [2.24, 2.45) is 22.7 Å². The molecule has 3 aromatic rings. The lowest BCUT2D eigenvalue weighted by Crippen LogP contribution is -2.69. The van der Waals surface area contributed by atoms with Crippen LogP contribution < -0.4 is 25.3 Å². The molecule has 2 aliphatic heterocycles. The molecule has 13 nitrogen and oxygen atoms in total. The highest BCUT2D eigenvalue weighted by Gasteiger charge is 2.68. The predicted molar refractivity (Wildman–Crippen MR) is 213 cm³/mol. The van der Waals surface area contributed by atoms with Gasteiger partial charge in [0.05, 0.1) is 39.0 Å². The lowest BCUT2D eigenvalue weighted by Gasteiger charge is -2.66. The number of nitrogens with zero attached hydrogens (tertiary/aromatic N) is 1. The van der Waals surface area contributed by atoms with Gasteiger partial charge in [-0.1, -0.05) is 12.5 Å². The van der Waals surface area contributed by atoms with E-state index in [1.165, 1.54) is 14.2 Å². The second kappa shape index (κ2) is 16.9. The van der Waals surface area contributed by atoms with Crippen molar-refractivity contribution >= 4 is 11.8 Å². The van der Waals surface area contributed by atoms with Crippen molar-refractivity contribution in [1.29, 1.82) is 0 Å². The summed E-state index contributed by atoms with van der Waals surface area (Å²) < 4.78 is 24.4. The van der Waals surface area contributed by atoms with Crippen LogP contribution in [-0.2, 0) is 16.0 Å². The summed E-state index contributed by atoms with van der Waals surface area (Å²) in [5.41, 5.74) is 7.83. The van der Waals surface area contributed by atoms with Crippen molar-refractivity contribution in [3.05, 3.63) is 65.4 Å². The van der Waals surface area contributed by atoms with Crippen LogP contribution in [0.3, 0.4) is 0 Å². The number of phenolic OH excluding ortho intramolecular Hbond substituents is 2. The van der Waals surface area contributed by atoms with Gasteiger partial charge in [0.15, 0.2) is 23.0 Å². The van der Waals surface area contributed by atoms with Crippen LogP contribution in [0.1, 0.15) is 99.8 Å². The highest BCUT2D eigenvalue weighted by atomic mass is 16.5. The highest BCUT2D eigenvalue weighted by molar-refractivity contribution is 5.69. The summed E-state index contributed by atoms with van der Waals surface area (Å²) in [6.45, 7) is 2.09. The number of pyridine rings is 1. The Morgan fingerprint density at radius 1 is 1.02 bits per heavy atom. The Labute approximate surface area is 334 Å². The number of rotatable bonds is 14. The molecule has 57 heavy (non-hydrogen) atoms. The molecule has 2 saturated heterocycles. The summed E-state index contributed by atoms with van der Waals surface area (Å²) in [7, 11) is 2.96. The van der Waals surface area contributed by atoms with E-state index in [0.29, 0.717) is 48.7 Å². The molecule has 3 heterocycles. The van der Waals surface area contributed by atoms with E-state index >= 15 is 0 Å². The molecule has 1 spiro atoms. The molecule has 2 saturated carbocycles. The molecule has 7 rings (SSSR count). The smallest absolute Gasteiger partial charge is 0.304 e. The number of carboxylic acids is 1. The third-order valence-corrected chi connectivity index (χ3v) is 13.9. The number of nitrogen functional groups attached to an aromatic ring is 1. The number of aromatic nitrogens is 1. The number of methoxy groups -OCH3 is 2. The van der Waals surface area contributed by atoms with Gasteiger partial charge in [0, 0.05) is 36.2 Å². The molecular formula is C44H59N3O10. The number of aryl methyl sites for hydroxylation is 1. The van der Waals surface area contributed by atoms with Crippen LogP contribution in [0.4, 0.5) is 5.82 Å². The van der Waals surface area contributed by atoms with Crippen LogP contribution in [0.15, 0.2) is 48.7 Å². The summed E-state index contributed by atoms with van der Waals surface area (Å²) in [6, 6.07) is 12.2. The van der Waals surface area contributed by atoms with E-state index in [9.17, 15) is 30.3 Å². The number of hydrogen-bond acceptors (Lipinski definition) is 12. The highest BCUT2D eigenvalue weighted by Crippen LogP contribution is 2.71. The van der Waals surface area contributed by atoms with Gasteiger partial charge in [-0.3, -0.25) is 4.79 Å². The van der Waals surface area contributed by atoms with Crippen LogP contribution >= 0.6 is 0 Å². The molecule has 0 amide bonds. The van der Waals surface area contributed by atoms with E-state index in [4.69, 9.17) is 24.7 Å². The first-order valence-electron chi connectivity index (χ1n) is 20.5. The van der Waals surface area contributed by atoms with Gasteiger partial charge in [0.2, 0.25) is 5.75 Å². The van der Waals surface area contributed by atoms with Gasteiger partial charge in [0.1, 0.15) is 12.4 Å². The third-order valence-electron chi connectivity index (χ3n) is 13.9. The number of ether oxygens (including phenoxy) is 4. The van der Waals surface area contributed by atoms with Crippen LogP contribution in [-0.4, -0.2) is 88.2 Å². The molecule has 310 valence electrons. The topological polar surface area (TPSA) is 206 Å². The van der Waals surface area contributed by atoms with Crippen LogP contribution in [0.2, 0.25) is 0 Å². The van der Waals surface area contributed by atoms with E-state index in [1.807, 2.05) is 18.2 Å². The number of phenols is 2. The maximum Gasteiger partial charge on any atom is 0.304 e. The molecular weight excluding hydrogens is 730 g/mol. The average molecular weight is 790 g/mol. The van der Waals surface area contributed by atoms with Crippen LogP contribution in [0.25, 0.3) is 0 Å². The molecule has 4 fully saturated rings. The van der Waals surface area contributed by atoms with Crippen LogP contribution in [0.5, 0.6) is 28.7 Å². The molecule has 2 aromatic carbocycles. The van der Waals surface area contributed by atoms with E-state index in [2.05, 4.69) is 17.2 Å². The second-order valence-corrected chi connectivity index (χ2v) is 16.9. The van der Waals surface area contributed by atoms with Gasteiger partial charge in [-0.15, -0.1) is 0 Å². The summed E-state index contributed by atoms with van der Waals surface area (Å²) in [5, 5.41) is 57.6. The number of aliphatic hydroxyl groups excluding tert-OH is 2. The number of nitrogens with two attached hydrogens (primary N) is 1. The minimum absolute atomic E-state index is 0.0472. The summed E-state index contributed by atoms with van der Waals surface area (Å²) in [5.74, 6) is -0.0624. The number of hydrogen-bond donors (Lipinski definition) is 7. The second-order valence-electron chi connectivity index (χ2n) is 16.9. The van der Waals surface area contributed by atoms with Crippen molar-refractivity contribution in [3.63, 3.8) is 0 Å². The van der Waals surface area contributed by atoms with Gasteiger partial charge in [-0.25, -0.2) is 4.98 Å². The molecule has 10 atom stereocenters. The Morgan fingerprint density at radius 3 is 2.54 bits per heavy atom. The SMILES string of the molecule is COc1cc(CCC2CC(O)C(CCO)C(c3cc(OC)c(O)c(OCC4NC(C)CC56CCCC5CCC(c5ccnc(N)c5)C46CC(=O)O)c3)O2)ccc1O. The normalized spacial score (nSPS) is 32.2. The summed E-state index contributed by atoms with van der Waals surface area (Å²) >= 11 is 0. The molecule has 8 N–H and O–H groups in total. The zero-order chi connectivity index (χ0) is 40.5. The molecule has 0 bridgehead atoms. The fraction of sp³-hybridized carbons (Fsp3) is 0.591. The number of benzene rings is 2. The molecule has 13 heteroatoms. The zero-order valence-electron chi connectivity index (χ0n) is 33.2. The molecule has 0 radical (unpaired) electrons. The number of carboxylic acid groups (broad SMARTS) is 1. The van der Waals surface area contributed by atoms with E-state index in [1.54, 1.807) is 30.5 Å². The zero-order valence-corrected chi connectivity index (χ0v) is 33.2. The van der Waals surface area contributed by atoms with Crippen molar-refractivity contribution < 1.29 is 49.3 Å². The Balaban J connectivity index is 1.22.